The van der Waals surface area contributed by atoms with E-state index in [0.29, 0.717) is 5.92 Å². The SMILES string of the molecule is CN1Cc2sc(CN3CCOCC3)cc2C(c2ccc(Br)cc2)C1. The van der Waals surface area contributed by atoms with Crippen molar-refractivity contribution in [3.63, 3.8) is 0 Å². The molecule has 1 atom stereocenters. The highest BCUT2D eigenvalue weighted by Crippen LogP contribution is 2.38. The molecule has 4 rings (SSSR count). The fourth-order valence-electron chi connectivity index (χ4n) is 3.68. The van der Waals surface area contributed by atoms with Gasteiger partial charge in [0.15, 0.2) is 0 Å². The normalized spacial score (nSPS) is 22.5. The Morgan fingerprint density at radius 1 is 1.21 bits per heavy atom. The van der Waals surface area contributed by atoms with Crippen LogP contribution in [0.4, 0.5) is 0 Å². The van der Waals surface area contributed by atoms with Crippen molar-refractivity contribution in [3.8, 4) is 0 Å². The Balaban J connectivity index is 1.59. The first-order valence-electron chi connectivity index (χ1n) is 8.54. The van der Waals surface area contributed by atoms with E-state index in [0.717, 1.165) is 50.4 Å². The molecule has 0 radical (unpaired) electrons. The minimum Gasteiger partial charge on any atom is -0.379 e. The molecule has 1 aromatic heterocycles. The highest BCUT2D eigenvalue weighted by molar-refractivity contribution is 9.10. The number of ether oxygens (including phenoxy) is 1. The summed E-state index contributed by atoms with van der Waals surface area (Å²) in [5, 5.41) is 0. The van der Waals surface area contributed by atoms with Gasteiger partial charge in [0.2, 0.25) is 0 Å². The van der Waals surface area contributed by atoms with Gasteiger partial charge in [-0.1, -0.05) is 28.1 Å². The van der Waals surface area contributed by atoms with Crippen molar-refractivity contribution >= 4 is 27.3 Å². The van der Waals surface area contributed by atoms with E-state index >= 15 is 0 Å². The molecule has 2 aliphatic rings. The molecule has 1 fully saturated rings. The van der Waals surface area contributed by atoms with Gasteiger partial charge in [-0.15, -0.1) is 11.3 Å². The first-order chi connectivity index (χ1) is 11.7. The molecule has 24 heavy (non-hydrogen) atoms. The van der Waals surface area contributed by atoms with Crippen molar-refractivity contribution < 1.29 is 4.74 Å². The molecule has 0 aliphatic carbocycles. The van der Waals surface area contributed by atoms with E-state index in [2.05, 4.69) is 63.1 Å². The lowest BCUT2D eigenvalue weighted by molar-refractivity contribution is 0.0346. The third kappa shape index (κ3) is 3.60. The average Bonchev–Trinajstić information content (AvgIpc) is 2.98. The van der Waals surface area contributed by atoms with Crippen LogP contribution in [0.25, 0.3) is 0 Å². The Morgan fingerprint density at radius 3 is 2.71 bits per heavy atom. The number of fused-ring (bicyclic) bond motifs is 1. The first kappa shape index (κ1) is 16.7. The summed E-state index contributed by atoms with van der Waals surface area (Å²) in [6.45, 7) is 7.10. The molecule has 3 heterocycles. The number of nitrogens with zero attached hydrogens (tertiary/aromatic N) is 2. The lowest BCUT2D eigenvalue weighted by atomic mass is 9.88. The summed E-state index contributed by atoms with van der Waals surface area (Å²) >= 11 is 5.55. The van der Waals surface area contributed by atoms with Crippen molar-refractivity contribution in [2.75, 3.05) is 39.9 Å². The fourth-order valence-corrected chi connectivity index (χ4v) is 5.29. The number of rotatable bonds is 3. The van der Waals surface area contributed by atoms with Gasteiger partial charge in [0.1, 0.15) is 0 Å². The van der Waals surface area contributed by atoms with Crippen LogP contribution in [0.2, 0.25) is 0 Å². The van der Waals surface area contributed by atoms with Crippen molar-refractivity contribution in [3.05, 3.63) is 55.7 Å². The van der Waals surface area contributed by atoms with Gasteiger partial charge in [-0.2, -0.15) is 0 Å². The largest absolute Gasteiger partial charge is 0.379 e. The van der Waals surface area contributed by atoms with E-state index in [1.54, 1.807) is 10.4 Å². The van der Waals surface area contributed by atoms with Crippen LogP contribution in [-0.4, -0.2) is 49.7 Å². The maximum absolute atomic E-state index is 5.47. The molecular weight excluding hydrogens is 384 g/mol. The molecule has 2 aliphatic heterocycles. The molecule has 5 heteroatoms. The number of morpholine rings is 1. The second kappa shape index (κ2) is 7.26. The van der Waals surface area contributed by atoms with Crippen molar-refractivity contribution in [2.24, 2.45) is 0 Å². The van der Waals surface area contributed by atoms with Gasteiger partial charge < -0.3 is 9.64 Å². The van der Waals surface area contributed by atoms with E-state index in [-0.39, 0.29) is 0 Å². The number of likely N-dealkylation sites (N-methyl/N-ethyl adjacent to an activating group) is 1. The van der Waals surface area contributed by atoms with Crippen LogP contribution in [-0.2, 0) is 17.8 Å². The Bertz CT molecular complexity index is 694. The van der Waals surface area contributed by atoms with E-state index in [4.69, 9.17) is 4.74 Å². The summed E-state index contributed by atoms with van der Waals surface area (Å²) in [4.78, 5) is 8.00. The number of benzene rings is 1. The van der Waals surface area contributed by atoms with Crippen molar-refractivity contribution in [2.45, 2.75) is 19.0 Å². The number of halogens is 1. The Morgan fingerprint density at radius 2 is 1.96 bits per heavy atom. The zero-order valence-corrected chi connectivity index (χ0v) is 16.4. The molecule has 0 N–H and O–H groups in total. The van der Waals surface area contributed by atoms with Gasteiger partial charge in [0, 0.05) is 52.9 Å². The van der Waals surface area contributed by atoms with Crippen LogP contribution >= 0.6 is 27.3 Å². The Labute approximate surface area is 156 Å². The minimum absolute atomic E-state index is 0.488. The van der Waals surface area contributed by atoms with Gasteiger partial charge in [-0.05, 0) is 36.4 Å². The summed E-state index contributed by atoms with van der Waals surface area (Å²) in [5.74, 6) is 0.488. The van der Waals surface area contributed by atoms with Gasteiger partial charge in [0.25, 0.3) is 0 Å². The van der Waals surface area contributed by atoms with Gasteiger partial charge in [-0.25, -0.2) is 0 Å². The summed E-state index contributed by atoms with van der Waals surface area (Å²) in [5.41, 5.74) is 2.96. The first-order valence-corrected chi connectivity index (χ1v) is 10.2. The molecule has 0 bridgehead atoms. The molecule has 0 saturated carbocycles. The van der Waals surface area contributed by atoms with Crippen LogP contribution in [0.3, 0.4) is 0 Å². The van der Waals surface area contributed by atoms with Crippen molar-refractivity contribution in [1.29, 1.82) is 0 Å². The molecule has 1 unspecified atom stereocenters. The van der Waals surface area contributed by atoms with Crippen molar-refractivity contribution in [1.82, 2.24) is 9.80 Å². The second-order valence-corrected chi connectivity index (χ2v) is 8.92. The standard InChI is InChI=1S/C19H23BrN2OS/c1-21-12-18(14-2-4-15(20)5-3-14)17-10-16(24-19(17)13-21)11-22-6-8-23-9-7-22/h2-5,10,18H,6-9,11-13H2,1H3. The Hall–Kier alpha value is -0.720. The third-order valence-electron chi connectivity index (χ3n) is 4.93. The second-order valence-electron chi connectivity index (χ2n) is 6.78. The van der Waals surface area contributed by atoms with Gasteiger partial charge >= 0.3 is 0 Å². The fraction of sp³-hybridized carbons (Fsp3) is 0.474. The third-order valence-corrected chi connectivity index (χ3v) is 6.58. The van der Waals surface area contributed by atoms with Crippen LogP contribution in [0.5, 0.6) is 0 Å². The number of hydrogen-bond donors (Lipinski definition) is 0. The highest BCUT2D eigenvalue weighted by atomic mass is 79.9. The van der Waals surface area contributed by atoms with E-state index in [1.165, 1.54) is 10.4 Å². The summed E-state index contributed by atoms with van der Waals surface area (Å²) in [7, 11) is 2.23. The predicted molar refractivity (Wildman–Crippen MR) is 103 cm³/mol. The smallest absolute Gasteiger partial charge is 0.0594 e. The zero-order chi connectivity index (χ0) is 16.5. The summed E-state index contributed by atoms with van der Waals surface area (Å²) < 4.78 is 6.62. The van der Waals surface area contributed by atoms with Crippen LogP contribution < -0.4 is 0 Å². The van der Waals surface area contributed by atoms with Crippen LogP contribution in [0.15, 0.2) is 34.8 Å². The average molecular weight is 407 g/mol. The Kier molecular flexibility index (Phi) is 5.06. The number of hydrogen-bond acceptors (Lipinski definition) is 4. The lowest BCUT2D eigenvalue weighted by Gasteiger charge is -2.30. The quantitative estimate of drug-likeness (QED) is 0.767. The molecule has 0 spiro atoms. The molecule has 3 nitrogen and oxygen atoms in total. The predicted octanol–water partition coefficient (Wildman–Crippen LogP) is 3.92. The monoisotopic (exact) mass is 406 g/mol. The molecule has 1 saturated heterocycles. The van der Waals surface area contributed by atoms with Gasteiger partial charge in [-0.3, -0.25) is 4.90 Å². The van der Waals surface area contributed by atoms with E-state index < -0.39 is 0 Å². The number of thiophene rings is 1. The molecular formula is C19H23BrN2OS. The van der Waals surface area contributed by atoms with Gasteiger partial charge in [0.05, 0.1) is 13.2 Å². The lowest BCUT2D eigenvalue weighted by Crippen LogP contribution is -2.35. The molecule has 0 amide bonds. The maximum atomic E-state index is 5.47. The topological polar surface area (TPSA) is 15.7 Å². The zero-order valence-electron chi connectivity index (χ0n) is 14.0. The summed E-state index contributed by atoms with van der Waals surface area (Å²) in [6, 6.07) is 11.3. The van der Waals surface area contributed by atoms with E-state index in [1.807, 2.05) is 11.3 Å². The maximum Gasteiger partial charge on any atom is 0.0594 e. The molecule has 2 aromatic rings. The van der Waals surface area contributed by atoms with Crippen LogP contribution in [0, 0.1) is 0 Å². The minimum atomic E-state index is 0.488. The van der Waals surface area contributed by atoms with E-state index in [9.17, 15) is 0 Å². The molecule has 1 aromatic carbocycles. The van der Waals surface area contributed by atoms with Crippen LogP contribution in [0.1, 0.15) is 26.8 Å². The molecule has 128 valence electrons. The highest BCUT2D eigenvalue weighted by Gasteiger charge is 2.27. The summed E-state index contributed by atoms with van der Waals surface area (Å²) in [6.07, 6.45) is 0.